The van der Waals surface area contributed by atoms with Crippen LogP contribution in [0.25, 0.3) is 28.0 Å². The molecule has 2 N–H and O–H groups in total. The largest absolute Gasteiger partial charge is 0.417 e. The van der Waals surface area contributed by atoms with Gasteiger partial charge in [-0.05, 0) is 37.3 Å². The second-order valence-electron chi connectivity index (χ2n) is 5.47. The first-order valence-electron chi connectivity index (χ1n) is 7.43. The van der Waals surface area contributed by atoms with Gasteiger partial charge in [0.1, 0.15) is 5.82 Å². The minimum absolute atomic E-state index is 0.0364. The minimum atomic E-state index is -4.45. The molecule has 0 amide bonds. The summed E-state index contributed by atoms with van der Waals surface area (Å²) in [6, 6.07) is 7.08. The topological polar surface area (TPSA) is 56.7 Å². The summed E-state index contributed by atoms with van der Waals surface area (Å²) in [6.45, 7) is 5.39. The third-order valence-corrected chi connectivity index (χ3v) is 3.77. The summed E-state index contributed by atoms with van der Waals surface area (Å²) < 4.78 is 41.2. The summed E-state index contributed by atoms with van der Waals surface area (Å²) in [5.74, 6) is 0.364. The third kappa shape index (κ3) is 3.00. The van der Waals surface area contributed by atoms with Gasteiger partial charge < -0.3 is 5.73 Å². The van der Waals surface area contributed by atoms with Gasteiger partial charge in [0.25, 0.3) is 0 Å². The molecule has 0 atom stereocenters. The highest BCUT2D eigenvalue weighted by molar-refractivity contribution is 5.95. The lowest BCUT2D eigenvalue weighted by Crippen LogP contribution is -2.09. The van der Waals surface area contributed by atoms with Gasteiger partial charge in [-0.15, -0.1) is 0 Å². The Balaban J connectivity index is 2.23. The Morgan fingerprint density at radius 2 is 2.04 bits per heavy atom. The molecule has 0 aliphatic heterocycles. The van der Waals surface area contributed by atoms with Crippen molar-refractivity contribution >= 4 is 16.7 Å². The molecule has 4 nitrogen and oxygen atoms in total. The molecule has 0 saturated heterocycles. The smallest absolute Gasteiger partial charge is 0.384 e. The van der Waals surface area contributed by atoms with E-state index in [1.807, 2.05) is 0 Å². The molecule has 0 spiro atoms. The van der Waals surface area contributed by atoms with Crippen molar-refractivity contribution in [2.24, 2.45) is 5.73 Å². The number of benzene rings is 1. The van der Waals surface area contributed by atoms with Crippen LogP contribution in [0.4, 0.5) is 13.2 Å². The quantitative estimate of drug-likeness (QED) is 0.718. The molecule has 0 unspecified atom stereocenters. The summed E-state index contributed by atoms with van der Waals surface area (Å²) in [6.07, 6.45) is 0.131. The van der Waals surface area contributed by atoms with Crippen molar-refractivity contribution < 1.29 is 13.2 Å². The fourth-order valence-electron chi connectivity index (χ4n) is 2.69. The number of fused-ring (bicyclic) bond motifs is 1. The van der Waals surface area contributed by atoms with Crippen LogP contribution in [0.2, 0.25) is 0 Å². The van der Waals surface area contributed by atoms with E-state index in [4.69, 9.17) is 5.73 Å². The van der Waals surface area contributed by atoms with E-state index in [0.29, 0.717) is 17.1 Å². The highest BCUT2D eigenvalue weighted by Gasteiger charge is 2.33. The standard InChI is InChI=1S/C18H15F3N4/c1-3-5-16(22)25-11(2)10-15(24-25)13-7-8-14(18(19,20)21)12-6-4-9-23-17(12)13/h3-10H,1,22H2,2H3/b16-5-. The summed E-state index contributed by atoms with van der Waals surface area (Å²) >= 11 is 0. The van der Waals surface area contributed by atoms with Crippen molar-refractivity contribution in [2.45, 2.75) is 13.1 Å². The van der Waals surface area contributed by atoms with E-state index < -0.39 is 11.7 Å². The van der Waals surface area contributed by atoms with Crippen LogP contribution in [0.1, 0.15) is 11.3 Å². The van der Waals surface area contributed by atoms with Gasteiger partial charge in [0, 0.05) is 22.8 Å². The molecule has 3 aromatic rings. The van der Waals surface area contributed by atoms with Gasteiger partial charge in [-0.1, -0.05) is 18.7 Å². The summed E-state index contributed by atoms with van der Waals surface area (Å²) in [5, 5.41) is 4.43. The number of nitrogens with two attached hydrogens (primary N) is 1. The zero-order valence-electron chi connectivity index (χ0n) is 13.4. The van der Waals surface area contributed by atoms with E-state index in [0.717, 1.165) is 11.8 Å². The summed E-state index contributed by atoms with van der Waals surface area (Å²) in [5.41, 5.74) is 7.19. The highest BCUT2D eigenvalue weighted by Crippen LogP contribution is 2.37. The number of rotatable bonds is 3. The summed E-state index contributed by atoms with van der Waals surface area (Å²) in [4.78, 5) is 4.14. The van der Waals surface area contributed by atoms with Gasteiger partial charge >= 0.3 is 6.18 Å². The molecule has 128 valence electrons. The Morgan fingerprint density at radius 3 is 2.72 bits per heavy atom. The molecular formula is C18H15F3N4. The maximum absolute atomic E-state index is 13.2. The van der Waals surface area contributed by atoms with Gasteiger partial charge in [0.2, 0.25) is 0 Å². The van der Waals surface area contributed by atoms with Crippen LogP contribution in [0.5, 0.6) is 0 Å². The minimum Gasteiger partial charge on any atom is -0.384 e. The van der Waals surface area contributed by atoms with E-state index in [2.05, 4.69) is 16.7 Å². The van der Waals surface area contributed by atoms with Crippen LogP contribution in [0, 0.1) is 6.92 Å². The SMILES string of the molecule is C=C/C=C(/N)n1nc(-c2ccc(C(F)(F)F)c3cccnc23)cc1C. The zero-order chi connectivity index (χ0) is 18.2. The Hall–Kier alpha value is -3.09. The molecule has 3 rings (SSSR count). The van der Waals surface area contributed by atoms with Gasteiger partial charge in [-0.25, -0.2) is 4.68 Å². The lowest BCUT2D eigenvalue weighted by molar-refractivity contribution is -0.136. The Kier molecular flexibility index (Phi) is 4.08. The molecule has 0 radical (unpaired) electrons. The van der Waals surface area contributed by atoms with Gasteiger partial charge in [-0.2, -0.15) is 18.3 Å². The monoisotopic (exact) mass is 344 g/mol. The number of aryl methyl sites for hydroxylation is 1. The molecule has 2 heterocycles. The number of halogens is 3. The Morgan fingerprint density at radius 1 is 1.28 bits per heavy atom. The van der Waals surface area contributed by atoms with Crippen LogP contribution in [-0.2, 0) is 6.18 Å². The Bertz CT molecular complexity index is 984. The van der Waals surface area contributed by atoms with E-state index in [9.17, 15) is 13.2 Å². The molecule has 0 bridgehead atoms. The van der Waals surface area contributed by atoms with Crippen molar-refractivity contribution in [2.75, 3.05) is 0 Å². The second kappa shape index (κ2) is 6.08. The maximum atomic E-state index is 13.2. The number of hydrogen-bond donors (Lipinski definition) is 1. The predicted octanol–water partition coefficient (Wildman–Crippen LogP) is 4.37. The van der Waals surface area contributed by atoms with E-state index >= 15 is 0 Å². The van der Waals surface area contributed by atoms with E-state index in [1.165, 1.54) is 35.2 Å². The molecule has 1 aromatic carbocycles. The fourth-order valence-corrected chi connectivity index (χ4v) is 2.69. The second-order valence-corrected chi connectivity index (χ2v) is 5.47. The number of hydrogen-bond acceptors (Lipinski definition) is 3. The molecule has 0 aliphatic carbocycles. The van der Waals surface area contributed by atoms with E-state index in [1.54, 1.807) is 19.1 Å². The third-order valence-electron chi connectivity index (χ3n) is 3.77. The fraction of sp³-hybridized carbons (Fsp3) is 0.111. The molecule has 2 aromatic heterocycles. The average molecular weight is 344 g/mol. The molecule has 7 heteroatoms. The van der Waals surface area contributed by atoms with Crippen molar-refractivity contribution in [1.29, 1.82) is 0 Å². The number of alkyl halides is 3. The van der Waals surface area contributed by atoms with Crippen LogP contribution in [-0.4, -0.2) is 14.8 Å². The van der Waals surface area contributed by atoms with Crippen LogP contribution in [0.3, 0.4) is 0 Å². The zero-order valence-corrected chi connectivity index (χ0v) is 13.4. The van der Waals surface area contributed by atoms with Gasteiger partial charge in [0.15, 0.2) is 0 Å². The van der Waals surface area contributed by atoms with Crippen molar-refractivity contribution in [1.82, 2.24) is 14.8 Å². The number of nitrogens with zero attached hydrogens (tertiary/aromatic N) is 3. The van der Waals surface area contributed by atoms with Crippen molar-refractivity contribution in [3.8, 4) is 11.3 Å². The summed E-state index contributed by atoms with van der Waals surface area (Å²) in [7, 11) is 0. The van der Waals surface area contributed by atoms with Crippen molar-refractivity contribution in [3.05, 3.63) is 66.5 Å². The first-order valence-corrected chi connectivity index (χ1v) is 7.43. The molecule has 0 saturated carbocycles. The molecular weight excluding hydrogens is 329 g/mol. The van der Waals surface area contributed by atoms with E-state index in [-0.39, 0.29) is 10.9 Å². The molecule has 25 heavy (non-hydrogen) atoms. The first kappa shape index (κ1) is 16.8. The molecule has 0 aliphatic rings. The number of aromatic nitrogens is 3. The van der Waals surface area contributed by atoms with Crippen LogP contribution >= 0.6 is 0 Å². The Labute approximate surface area is 142 Å². The van der Waals surface area contributed by atoms with Crippen LogP contribution < -0.4 is 5.73 Å². The van der Waals surface area contributed by atoms with Gasteiger partial charge in [-0.3, -0.25) is 4.98 Å². The number of allylic oxidation sites excluding steroid dienone is 2. The van der Waals surface area contributed by atoms with Gasteiger partial charge in [0.05, 0.1) is 16.8 Å². The first-order chi connectivity index (χ1) is 11.8. The predicted molar refractivity (Wildman–Crippen MR) is 91.4 cm³/mol. The maximum Gasteiger partial charge on any atom is 0.417 e. The van der Waals surface area contributed by atoms with Crippen molar-refractivity contribution in [3.63, 3.8) is 0 Å². The molecule has 0 fully saturated rings. The normalized spacial score (nSPS) is 12.6. The lowest BCUT2D eigenvalue weighted by atomic mass is 10.0. The van der Waals surface area contributed by atoms with Crippen LogP contribution in [0.15, 0.2) is 55.3 Å². The highest BCUT2D eigenvalue weighted by atomic mass is 19.4. The average Bonchev–Trinajstić information content (AvgIpc) is 2.95. The lowest BCUT2D eigenvalue weighted by Gasteiger charge is -2.12. The number of pyridine rings is 1.